The van der Waals surface area contributed by atoms with Gasteiger partial charge in [-0.25, -0.2) is 4.79 Å². The van der Waals surface area contributed by atoms with E-state index in [1.54, 1.807) is 31.4 Å². The van der Waals surface area contributed by atoms with E-state index in [-0.39, 0.29) is 0 Å². The van der Waals surface area contributed by atoms with Gasteiger partial charge in [-0.15, -0.1) is 0 Å². The van der Waals surface area contributed by atoms with Crippen molar-refractivity contribution in [1.82, 2.24) is 0 Å². The molecule has 1 heterocycles. The fourth-order valence-corrected chi connectivity index (χ4v) is 2.68. The molecule has 0 saturated carbocycles. The van der Waals surface area contributed by atoms with Crippen LogP contribution in [0, 0.1) is 0 Å². The van der Waals surface area contributed by atoms with E-state index >= 15 is 0 Å². The molecule has 0 bridgehead atoms. The van der Waals surface area contributed by atoms with Gasteiger partial charge < -0.3 is 14.5 Å². The summed E-state index contributed by atoms with van der Waals surface area (Å²) >= 11 is 6.08. The van der Waals surface area contributed by atoms with Crippen molar-refractivity contribution in [2.75, 3.05) is 26.1 Å². The van der Waals surface area contributed by atoms with Crippen molar-refractivity contribution in [2.24, 2.45) is 5.16 Å². The molecule has 0 spiro atoms. The number of methoxy groups -OCH3 is 1. The van der Waals surface area contributed by atoms with Crippen LogP contribution in [0.5, 0.6) is 5.75 Å². The molecule has 128 valence electrons. The first kappa shape index (κ1) is 17.0. The number of benzene rings is 2. The first-order valence-electron chi connectivity index (χ1n) is 7.62. The Balaban J connectivity index is 2.01. The van der Waals surface area contributed by atoms with Crippen molar-refractivity contribution in [1.29, 1.82) is 0 Å². The summed E-state index contributed by atoms with van der Waals surface area (Å²) in [5.41, 5.74) is 3.31. The normalized spacial score (nSPS) is 15.1. The van der Waals surface area contributed by atoms with Gasteiger partial charge in [0, 0.05) is 30.4 Å². The second kappa shape index (κ2) is 6.99. The fourth-order valence-electron chi connectivity index (χ4n) is 2.50. The molecular weight excluding hydrogens is 340 g/mol. The second-order valence-electron chi connectivity index (χ2n) is 5.71. The first-order valence-corrected chi connectivity index (χ1v) is 8.00. The maximum atomic E-state index is 12.1. The van der Waals surface area contributed by atoms with Crippen LogP contribution in [0.4, 0.5) is 5.69 Å². The van der Waals surface area contributed by atoms with E-state index in [2.05, 4.69) is 5.16 Å². The van der Waals surface area contributed by atoms with Gasteiger partial charge >= 0.3 is 5.97 Å². The molecule has 0 radical (unpaired) electrons. The number of ether oxygens (including phenoxy) is 1. The van der Waals surface area contributed by atoms with Gasteiger partial charge in [0.15, 0.2) is 0 Å². The van der Waals surface area contributed by atoms with Crippen molar-refractivity contribution in [2.45, 2.75) is 0 Å². The highest BCUT2D eigenvalue weighted by Gasteiger charge is 2.29. The summed E-state index contributed by atoms with van der Waals surface area (Å²) in [5.74, 6) is 0.0593. The number of anilines is 1. The van der Waals surface area contributed by atoms with Gasteiger partial charge in [-0.2, -0.15) is 0 Å². The summed E-state index contributed by atoms with van der Waals surface area (Å²) in [7, 11) is 5.49. The highest BCUT2D eigenvalue weighted by molar-refractivity contribution is 6.34. The maximum absolute atomic E-state index is 12.1. The van der Waals surface area contributed by atoms with E-state index < -0.39 is 5.97 Å². The molecule has 3 rings (SSSR count). The highest BCUT2D eigenvalue weighted by atomic mass is 35.5. The van der Waals surface area contributed by atoms with Crippen molar-refractivity contribution in [3.63, 3.8) is 0 Å². The smallest absolute Gasteiger partial charge is 0.368 e. The van der Waals surface area contributed by atoms with Gasteiger partial charge in [0.1, 0.15) is 11.5 Å². The first-order chi connectivity index (χ1) is 12.0. The lowest BCUT2D eigenvalue weighted by atomic mass is 9.99. The van der Waals surface area contributed by atoms with Crippen LogP contribution < -0.4 is 9.64 Å². The van der Waals surface area contributed by atoms with Gasteiger partial charge in [0.25, 0.3) is 0 Å². The van der Waals surface area contributed by atoms with E-state index in [0.717, 1.165) is 11.3 Å². The number of hydrogen-bond donors (Lipinski definition) is 0. The van der Waals surface area contributed by atoms with Crippen LogP contribution in [0.2, 0.25) is 5.02 Å². The van der Waals surface area contributed by atoms with Gasteiger partial charge in [-0.1, -0.05) is 28.9 Å². The number of rotatable bonds is 4. The van der Waals surface area contributed by atoms with E-state index in [0.29, 0.717) is 27.6 Å². The zero-order valence-corrected chi connectivity index (χ0v) is 14.9. The quantitative estimate of drug-likeness (QED) is 0.618. The number of carbonyl (C=O) groups is 1. The lowest BCUT2D eigenvalue weighted by molar-refractivity contribution is -0.136. The molecule has 6 heteroatoms. The average molecular weight is 357 g/mol. The Labute approximate surface area is 151 Å². The van der Waals surface area contributed by atoms with E-state index in [1.807, 2.05) is 43.3 Å². The Kier molecular flexibility index (Phi) is 4.76. The van der Waals surface area contributed by atoms with Crippen molar-refractivity contribution in [3.05, 3.63) is 64.2 Å². The Morgan fingerprint density at radius 1 is 1.16 bits per heavy atom. The predicted molar refractivity (Wildman–Crippen MR) is 99.4 cm³/mol. The SMILES string of the molecule is COc1ccc(Cl)cc1C1=NOC(=O)C1=Cc1ccc(N(C)C)cc1. The number of nitrogens with zero attached hydrogens (tertiary/aromatic N) is 2. The minimum Gasteiger partial charge on any atom is -0.496 e. The maximum Gasteiger partial charge on any atom is 0.368 e. The molecule has 0 unspecified atom stereocenters. The van der Waals surface area contributed by atoms with Gasteiger partial charge in [-0.05, 0) is 42.0 Å². The molecule has 1 aliphatic rings. The highest BCUT2D eigenvalue weighted by Crippen LogP contribution is 2.29. The van der Waals surface area contributed by atoms with Gasteiger partial charge in [0.2, 0.25) is 0 Å². The van der Waals surface area contributed by atoms with Crippen LogP contribution in [-0.4, -0.2) is 32.9 Å². The van der Waals surface area contributed by atoms with Crippen LogP contribution in [0.15, 0.2) is 53.2 Å². The molecule has 2 aromatic rings. The summed E-state index contributed by atoms with van der Waals surface area (Å²) in [4.78, 5) is 19.0. The Morgan fingerprint density at radius 3 is 2.52 bits per heavy atom. The van der Waals surface area contributed by atoms with Gasteiger partial charge in [0.05, 0.1) is 12.7 Å². The summed E-state index contributed by atoms with van der Waals surface area (Å²) < 4.78 is 5.35. The minimum atomic E-state index is -0.506. The Bertz CT molecular complexity index is 871. The topological polar surface area (TPSA) is 51.1 Å². The molecule has 0 atom stereocenters. The molecule has 0 N–H and O–H groups in total. The fraction of sp³-hybridized carbons (Fsp3) is 0.158. The molecule has 0 aliphatic carbocycles. The summed E-state index contributed by atoms with van der Waals surface area (Å²) in [6, 6.07) is 13.0. The van der Waals surface area contributed by atoms with Crippen LogP contribution in [-0.2, 0) is 9.63 Å². The van der Waals surface area contributed by atoms with Crippen LogP contribution >= 0.6 is 11.6 Å². The molecule has 25 heavy (non-hydrogen) atoms. The second-order valence-corrected chi connectivity index (χ2v) is 6.14. The molecule has 0 fully saturated rings. The average Bonchev–Trinajstić information content (AvgIpc) is 2.96. The van der Waals surface area contributed by atoms with Crippen LogP contribution in [0.3, 0.4) is 0 Å². The zero-order valence-electron chi connectivity index (χ0n) is 14.1. The number of hydrogen-bond acceptors (Lipinski definition) is 5. The lowest BCUT2D eigenvalue weighted by Gasteiger charge is -2.12. The van der Waals surface area contributed by atoms with E-state index in [4.69, 9.17) is 21.2 Å². The molecular formula is C19H17ClN2O3. The number of halogens is 1. The molecule has 0 aromatic heterocycles. The lowest BCUT2D eigenvalue weighted by Crippen LogP contribution is -2.09. The summed E-state index contributed by atoms with van der Waals surface area (Å²) in [6.45, 7) is 0. The van der Waals surface area contributed by atoms with Crippen molar-refractivity contribution >= 4 is 35.0 Å². The van der Waals surface area contributed by atoms with Gasteiger partial charge in [-0.3, -0.25) is 0 Å². The van der Waals surface area contributed by atoms with Crippen LogP contribution in [0.1, 0.15) is 11.1 Å². The summed E-state index contributed by atoms with van der Waals surface area (Å²) in [5, 5.41) is 4.43. The minimum absolute atomic E-state index is 0.359. The molecule has 0 saturated heterocycles. The Morgan fingerprint density at radius 2 is 1.88 bits per heavy atom. The standard InChI is InChI=1S/C19H17ClN2O3/c1-22(2)14-7-4-12(5-8-14)10-16-18(21-25-19(16)23)15-11-13(20)6-9-17(15)24-3/h4-11H,1-3H3. The monoisotopic (exact) mass is 356 g/mol. The van der Waals surface area contributed by atoms with E-state index in [1.165, 1.54) is 0 Å². The van der Waals surface area contributed by atoms with Crippen molar-refractivity contribution in [3.8, 4) is 5.75 Å². The third-order valence-electron chi connectivity index (χ3n) is 3.83. The number of carbonyl (C=O) groups excluding carboxylic acids is 1. The largest absolute Gasteiger partial charge is 0.496 e. The third-order valence-corrected chi connectivity index (χ3v) is 4.07. The van der Waals surface area contributed by atoms with Crippen molar-refractivity contribution < 1.29 is 14.4 Å². The molecule has 5 nitrogen and oxygen atoms in total. The Hall–Kier alpha value is -2.79. The molecule has 0 amide bonds. The summed E-state index contributed by atoms with van der Waals surface area (Å²) in [6.07, 6.45) is 1.74. The molecule has 1 aliphatic heterocycles. The van der Waals surface area contributed by atoms with E-state index in [9.17, 15) is 4.79 Å². The third kappa shape index (κ3) is 3.51. The predicted octanol–water partition coefficient (Wildman–Crippen LogP) is 3.76. The van der Waals surface area contributed by atoms with Crippen LogP contribution in [0.25, 0.3) is 6.08 Å². The zero-order chi connectivity index (χ0) is 18.0. The number of oxime groups is 1. The molecule has 2 aromatic carbocycles.